The van der Waals surface area contributed by atoms with E-state index in [0.29, 0.717) is 16.7 Å². The van der Waals surface area contributed by atoms with Gasteiger partial charge in [-0.25, -0.2) is 0 Å². The van der Waals surface area contributed by atoms with Crippen molar-refractivity contribution in [2.45, 2.75) is 0 Å². The number of para-hydroxylation sites is 4. The van der Waals surface area contributed by atoms with E-state index >= 15 is 0 Å². The molecule has 0 radical (unpaired) electrons. The van der Waals surface area contributed by atoms with Gasteiger partial charge in [0.25, 0.3) is 0 Å². The molecule has 0 aliphatic rings. The Balaban J connectivity index is 1.08. The monoisotopic (exact) mass is 724 g/mol. The first-order chi connectivity index (χ1) is 28.1. The van der Waals surface area contributed by atoms with Gasteiger partial charge in [0.1, 0.15) is 6.07 Å². The minimum absolute atomic E-state index is 0.547. The van der Waals surface area contributed by atoms with Crippen molar-refractivity contribution in [2.24, 2.45) is 0 Å². The Bertz CT molecular complexity index is 3560. The second-order valence-electron chi connectivity index (χ2n) is 14.3. The first-order valence-electron chi connectivity index (χ1n) is 18.7. The lowest BCUT2D eigenvalue weighted by molar-refractivity contribution is 1.13. The number of benzene rings is 8. The number of rotatable bonds is 4. The summed E-state index contributed by atoms with van der Waals surface area (Å²) in [6, 6.07) is 64.8. The molecule has 262 valence electrons. The van der Waals surface area contributed by atoms with Crippen molar-refractivity contribution in [2.75, 3.05) is 0 Å². The van der Waals surface area contributed by atoms with Crippen LogP contribution < -0.4 is 0 Å². The molecule has 3 heterocycles. The van der Waals surface area contributed by atoms with Crippen LogP contribution in [0.15, 0.2) is 170 Å². The van der Waals surface area contributed by atoms with Gasteiger partial charge in [-0.15, -0.1) is 0 Å². The second-order valence-corrected chi connectivity index (χ2v) is 14.3. The molecule has 0 unspecified atom stereocenters. The maximum atomic E-state index is 10.5. The maximum Gasteiger partial charge on any atom is 0.101 e. The van der Waals surface area contributed by atoms with E-state index in [1.54, 1.807) is 0 Å². The van der Waals surface area contributed by atoms with Gasteiger partial charge >= 0.3 is 0 Å². The molecule has 3 aromatic heterocycles. The summed E-state index contributed by atoms with van der Waals surface area (Å²) >= 11 is 0. The van der Waals surface area contributed by atoms with Gasteiger partial charge in [-0.2, -0.15) is 15.8 Å². The van der Waals surface area contributed by atoms with Crippen LogP contribution in [0.25, 0.3) is 93.6 Å². The van der Waals surface area contributed by atoms with E-state index in [9.17, 15) is 15.8 Å². The maximum absolute atomic E-state index is 10.5. The summed E-state index contributed by atoms with van der Waals surface area (Å²) in [6.45, 7) is 0. The molecule has 11 aromatic rings. The number of fused-ring (bicyclic) bond motifs is 9. The fourth-order valence-corrected chi connectivity index (χ4v) is 8.85. The molecule has 6 nitrogen and oxygen atoms in total. The third-order valence-electron chi connectivity index (χ3n) is 11.3. The average molecular weight is 725 g/mol. The van der Waals surface area contributed by atoms with Gasteiger partial charge in [-0.1, -0.05) is 91.0 Å². The van der Waals surface area contributed by atoms with E-state index in [0.717, 1.165) is 82.8 Å². The van der Waals surface area contributed by atoms with E-state index in [4.69, 9.17) is 0 Å². The topological polar surface area (TPSA) is 86.2 Å². The van der Waals surface area contributed by atoms with Crippen molar-refractivity contribution in [3.05, 3.63) is 187 Å². The summed E-state index contributed by atoms with van der Waals surface area (Å²) in [5.41, 5.74) is 12.6. The zero-order valence-corrected chi connectivity index (χ0v) is 30.3. The van der Waals surface area contributed by atoms with Crippen LogP contribution in [-0.2, 0) is 0 Å². The number of aromatic nitrogens is 3. The van der Waals surface area contributed by atoms with Crippen LogP contribution in [0.3, 0.4) is 0 Å². The Morgan fingerprint density at radius 1 is 0.333 bits per heavy atom. The van der Waals surface area contributed by atoms with E-state index in [-0.39, 0.29) is 0 Å². The standard InChI is InChI=1S/C51H28N6/c52-29-32-17-24-48-43(26-32)40-10-3-6-14-47(40)56(48)44-25-20-35(28-36(44)31-54)34-18-21-37(22-19-34)55-50-27-33(30-53)16-23-41(50)42-11-7-15-49(51(42)55)57-45-12-4-1-8-38(45)39-9-2-5-13-46(39)57/h1-28H. The Morgan fingerprint density at radius 2 is 0.877 bits per heavy atom. The normalized spacial score (nSPS) is 11.5. The second kappa shape index (κ2) is 12.3. The summed E-state index contributed by atoms with van der Waals surface area (Å²) in [7, 11) is 0. The van der Waals surface area contributed by atoms with Crippen molar-refractivity contribution >= 4 is 65.4 Å². The van der Waals surface area contributed by atoms with Crippen molar-refractivity contribution in [3.8, 4) is 46.4 Å². The summed E-state index contributed by atoms with van der Waals surface area (Å²) in [5.74, 6) is 0. The van der Waals surface area contributed by atoms with E-state index in [1.807, 2.05) is 54.6 Å². The quantitative estimate of drug-likeness (QED) is 0.181. The van der Waals surface area contributed by atoms with Crippen LogP contribution in [0.5, 0.6) is 0 Å². The molecule has 6 heteroatoms. The van der Waals surface area contributed by atoms with E-state index in [1.165, 1.54) is 10.8 Å². The fourth-order valence-electron chi connectivity index (χ4n) is 8.85. The van der Waals surface area contributed by atoms with Crippen LogP contribution in [0, 0.1) is 34.0 Å². The minimum atomic E-state index is 0.547. The Morgan fingerprint density at radius 3 is 1.54 bits per heavy atom. The molecular weight excluding hydrogens is 697 g/mol. The SMILES string of the molecule is N#Cc1ccc2c(c1)c1ccccc1n2-c1ccc(-c2ccc(-n3c4cc(C#N)ccc4c4cccc(-n5c6ccccc6c6ccccc65)c43)cc2)cc1C#N. The predicted molar refractivity (Wildman–Crippen MR) is 229 cm³/mol. The van der Waals surface area contributed by atoms with Crippen molar-refractivity contribution in [1.29, 1.82) is 15.8 Å². The molecule has 0 amide bonds. The molecule has 0 saturated heterocycles. The average Bonchev–Trinajstić information content (AvgIpc) is 3.91. The lowest BCUT2D eigenvalue weighted by Gasteiger charge is -2.15. The molecule has 0 aliphatic heterocycles. The van der Waals surface area contributed by atoms with Gasteiger partial charge in [-0.05, 0) is 90.0 Å². The summed E-state index contributed by atoms with van der Waals surface area (Å²) < 4.78 is 6.74. The van der Waals surface area contributed by atoms with Gasteiger partial charge in [0.15, 0.2) is 0 Å². The molecule has 0 atom stereocenters. The zero-order chi connectivity index (χ0) is 38.2. The van der Waals surface area contributed by atoms with Crippen LogP contribution in [0.1, 0.15) is 16.7 Å². The van der Waals surface area contributed by atoms with Crippen molar-refractivity contribution in [1.82, 2.24) is 13.7 Å². The van der Waals surface area contributed by atoms with Gasteiger partial charge in [0.2, 0.25) is 0 Å². The van der Waals surface area contributed by atoms with Gasteiger partial charge in [0, 0.05) is 38.0 Å². The van der Waals surface area contributed by atoms with Crippen molar-refractivity contribution < 1.29 is 0 Å². The largest absolute Gasteiger partial charge is 0.308 e. The number of hydrogen-bond donors (Lipinski definition) is 0. The van der Waals surface area contributed by atoms with Gasteiger partial charge in [-0.3, -0.25) is 0 Å². The van der Waals surface area contributed by atoms with Crippen LogP contribution in [-0.4, -0.2) is 13.7 Å². The van der Waals surface area contributed by atoms with Crippen LogP contribution in [0.2, 0.25) is 0 Å². The van der Waals surface area contributed by atoms with Gasteiger partial charge in [0.05, 0.1) is 73.3 Å². The lowest BCUT2D eigenvalue weighted by Crippen LogP contribution is -2.01. The number of nitrogens with zero attached hydrogens (tertiary/aromatic N) is 6. The third-order valence-corrected chi connectivity index (χ3v) is 11.3. The molecule has 8 aromatic carbocycles. The summed E-state index contributed by atoms with van der Waals surface area (Å²) in [4.78, 5) is 0. The molecule has 0 bridgehead atoms. The van der Waals surface area contributed by atoms with Crippen LogP contribution >= 0.6 is 0 Å². The van der Waals surface area contributed by atoms with Crippen LogP contribution in [0.4, 0.5) is 0 Å². The highest BCUT2D eigenvalue weighted by molar-refractivity contribution is 6.15. The van der Waals surface area contributed by atoms with Crippen molar-refractivity contribution in [3.63, 3.8) is 0 Å². The lowest BCUT2D eigenvalue weighted by atomic mass is 10.0. The highest BCUT2D eigenvalue weighted by atomic mass is 15.1. The Kier molecular flexibility index (Phi) is 6.95. The highest BCUT2D eigenvalue weighted by Gasteiger charge is 2.21. The first-order valence-corrected chi connectivity index (χ1v) is 18.7. The minimum Gasteiger partial charge on any atom is -0.308 e. The highest BCUT2D eigenvalue weighted by Crippen LogP contribution is 2.41. The summed E-state index contributed by atoms with van der Waals surface area (Å²) in [6.07, 6.45) is 0. The fraction of sp³-hybridized carbons (Fsp3) is 0. The zero-order valence-electron chi connectivity index (χ0n) is 30.3. The molecule has 57 heavy (non-hydrogen) atoms. The Labute approximate surface area is 326 Å². The smallest absolute Gasteiger partial charge is 0.101 e. The first kappa shape index (κ1) is 32.1. The van der Waals surface area contributed by atoms with E-state index < -0.39 is 0 Å². The molecule has 0 N–H and O–H groups in total. The summed E-state index contributed by atoms with van der Waals surface area (Å²) in [5, 5.41) is 36.7. The third kappa shape index (κ3) is 4.68. The molecule has 0 aliphatic carbocycles. The molecule has 0 saturated carbocycles. The Hall–Kier alpha value is -8.37. The molecule has 0 spiro atoms. The number of nitriles is 3. The van der Waals surface area contributed by atoms with Gasteiger partial charge < -0.3 is 13.7 Å². The van der Waals surface area contributed by atoms with E-state index in [2.05, 4.69) is 147 Å². The number of hydrogen-bond acceptors (Lipinski definition) is 3. The molecule has 11 rings (SSSR count). The predicted octanol–water partition coefficient (Wildman–Crippen LogP) is 12.3. The molecule has 0 fully saturated rings. The molecular formula is C51H28N6.